The molecule has 0 aromatic rings. The zero-order valence-corrected chi connectivity index (χ0v) is 7.92. The summed E-state index contributed by atoms with van der Waals surface area (Å²) >= 11 is 0. The van der Waals surface area contributed by atoms with Gasteiger partial charge in [0.2, 0.25) is 0 Å². The molecule has 0 aliphatic rings. The molecular weight excluding hydrogens is 152 g/mol. The Bertz CT molecular complexity index is 150. The van der Waals surface area contributed by atoms with E-state index in [1.54, 1.807) is 6.08 Å². The first-order valence-electron chi connectivity index (χ1n) is 4.61. The lowest BCUT2D eigenvalue weighted by molar-refractivity contribution is -0.131. The molecule has 1 unspecified atom stereocenters. The lowest BCUT2D eigenvalue weighted by Crippen LogP contribution is -1.96. The minimum Gasteiger partial charge on any atom is -0.478 e. The second kappa shape index (κ2) is 6.89. The van der Waals surface area contributed by atoms with Gasteiger partial charge in [-0.25, -0.2) is 4.79 Å². The molecule has 0 heterocycles. The molecule has 0 aliphatic carbocycles. The van der Waals surface area contributed by atoms with Crippen molar-refractivity contribution in [3.8, 4) is 0 Å². The molecule has 2 nitrogen and oxygen atoms in total. The number of rotatable bonds is 6. The lowest BCUT2D eigenvalue weighted by Gasteiger charge is -2.07. The molecule has 2 heteroatoms. The summed E-state index contributed by atoms with van der Waals surface area (Å²) in [5, 5.41) is 8.40. The summed E-state index contributed by atoms with van der Waals surface area (Å²) in [6.45, 7) is 4.24. The number of aliphatic carboxylic acids is 1. The van der Waals surface area contributed by atoms with Crippen LogP contribution in [0.15, 0.2) is 12.2 Å². The van der Waals surface area contributed by atoms with Crippen LogP contribution in [-0.4, -0.2) is 11.1 Å². The summed E-state index contributed by atoms with van der Waals surface area (Å²) in [5.41, 5.74) is 0. The SMILES string of the molecule is CCCCC(/C=C\C(=O)O)CC. The molecule has 0 spiro atoms. The Kier molecular flexibility index (Phi) is 6.44. The van der Waals surface area contributed by atoms with E-state index in [2.05, 4.69) is 13.8 Å². The highest BCUT2D eigenvalue weighted by atomic mass is 16.4. The fourth-order valence-corrected chi connectivity index (χ4v) is 1.12. The van der Waals surface area contributed by atoms with Crippen molar-refractivity contribution in [1.82, 2.24) is 0 Å². The summed E-state index contributed by atoms with van der Waals surface area (Å²) in [6, 6.07) is 0. The highest BCUT2D eigenvalue weighted by Crippen LogP contribution is 2.13. The van der Waals surface area contributed by atoms with Crippen molar-refractivity contribution in [2.45, 2.75) is 39.5 Å². The van der Waals surface area contributed by atoms with E-state index in [0.29, 0.717) is 5.92 Å². The molecule has 0 bridgehead atoms. The Balaban J connectivity index is 3.73. The summed E-state index contributed by atoms with van der Waals surface area (Å²) in [7, 11) is 0. The molecule has 0 rings (SSSR count). The maximum Gasteiger partial charge on any atom is 0.327 e. The topological polar surface area (TPSA) is 37.3 Å². The third-order valence-corrected chi connectivity index (χ3v) is 1.96. The minimum atomic E-state index is -0.843. The zero-order chi connectivity index (χ0) is 9.40. The van der Waals surface area contributed by atoms with E-state index in [-0.39, 0.29) is 0 Å². The van der Waals surface area contributed by atoms with Gasteiger partial charge >= 0.3 is 5.97 Å². The largest absolute Gasteiger partial charge is 0.478 e. The van der Waals surface area contributed by atoms with E-state index in [1.165, 1.54) is 18.9 Å². The van der Waals surface area contributed by atoms with E-state index in [1.807, 2.05) is 0 Å². The zero-order valence-electron chi connectivity index (χ0n) is 7.92. The molecule has 0 aliphatic heterocycles. The second-order valence-corrected chi connectivity index (χ2v) is 3.01. The molecule has 0 amide bonds. The number of allylic oxidation sites excluding steroid dienone is 1. The fraction of sp³-hybridized carbons (Fsp3) is 0.700. The van der Waals surface area contributed by atoms with Gasteiger partial charge in [-0.1, -0.05) is 32.8 Å². The van der Waals surface area contributed by atoms with Gasteiger partial charge in [0.05, 0.1) is 0 Å². The molecule has 0 aromatic carbocycles. The monoisotopic (exact) mass is 170 g/mol. The summed E-state index contributed by atoms with van der Waals surface area (Å²) < 4.78 is 0. The van der Waals surface area contributed by atoms with E-state index in [4.69, 9.17) is 5.11 Å². The van der Waals surface area contributed by atoms with Crippen molar-refractivity contribution in [3.63, 3.8) is 0 Å². The first kappa shape index (κ1) is 11.2. The molecule has 70 valence electrons. The highest BCUT2D eigenvalue weighted by Gasteiger charge is 2.00. The van der Waals surface area contributed by atoms with Gasteiger partial charge < -0.3 is 5.11 Å². The molecule has 1 atom stereocenters. The van der Waals surface area contributed by atoms with Gasteiger partial charge in [0.1, 0.15) is 0 Å². The van der Waals surface area contributed by atoms with Gasteiger partial charge in [0.25, 0.3) is 0 Å². The maximum atomic E-state index is 10.2. The van der Waals surface area contributed by atoms with Crippen LogP contribution in [0.4, 0.5) is 0 Å². The van der Waals surface area contributed by atoms with Crippen molar-refractivity contribution in [2.24, 2.45) is 5.92 Å². The predicted octanol–water partition coefficient (Wildman–Crippen LogP) is 2.84. The molecule has 0 fully saturated rings. The van der Waals surface area contributed by atoms with Crippen LogP contribution in [0.1, 0.15) is 39.5 Å². The average Bonchev–Trinajstić information content (AvgIpc) is 2.05. The molecule has 1 N–H and O–H groups in total. The number of carboxylic acids is 1. The Labute approximate surface area is 74.3 Å². The van der Waals surface area contributed by atoms with Crippen molar-refractivity contribution < 1.29 is 9.90 Å². The van der Waals surface area contributed by atoms with Crippen LogP contribution in [-0.2, 0) is 4.79 Å². The van der Waals surface area contributed by atoms with Crippen LogP contribution < -0.4 is 0 Å². The van der Waals surface area contributed by atoms with Crippen LogP contribution in [0.2, 0.25) is 0 Å². The van der Waals surface area contributed by atoms with Gasteiger partial charge in [-0.3, -0.25) is 0 Å². The second-order valence-electron chi connectivity index (χ2n) is 3.01. The highest BCUT2D eigenvalue weighted by molar-refractivity contribution is 5.79. The van der Waals surface area contributed by atoms with Crippen molar-refractivity contribution in [3.05, 3.63) is 12.2 Å². The van der Waals surface area contributed by atoms with Gasteiger partial charge in [-0.05, 0) is 18.8 Å². The van der Waals surface area contributed by atoms with Crippen molar-refractivity contribution >= 4 is 5.97 Å². The molecule has 12 heavy (non-hydrogen) atoms. The van der Waals surface area contributed by atoms with Crippen LogP contribution >= 0.6 is 0 Å². The minimum absolute atomic E-state index is 0.445. The Morgan fingerprint density at radius 3 is 2.58 bits per heavy atom. The van der Waals surface area contributed by atoms with Crippen LogP contribution in [0, 0.1) is 5.92 Å². The smallest absolute Gasteiger partial charge is 0.327 e. The molecule has 0 saturated carbocycles. The number of hydrogen-bond acceptors (Lipinski definition) is 1. The number of carboxylic acid groups (broad SMARTS) is 1. The number of hydrogen-bond donors (Lipinski definition) is 1. The first-order valence-corrected chi connectivity index (χ1v) is 4.61. The van der Waals surface area contributed by atoms with Crippen LogP contribution in [0.3, 0.4) is 0 Å². The Hall–Kier alpha value is -0.790. The Morgan fingerprint density at radius 2 is 2.17 bits per heavy atom. The van der Waals surface area contributed by atoms with E-state index in [0.717, 1.165) is 12.8 Å². The van der Waals surface area contributed by atoms with Crippen molar-refractivity contribution in [1.29, 1.82) is 0 Å². The first-order chi connectivity index (χ1) is 5.70. The van der Waals surface area contributed by atoms with E-state index in [9.17, 15) is 4.79 Å². The van der Waals surface area contributed by atoms with Gasteiger partial charge in [-0.2, -0.15) is 0 Å². The third kappa shape index (κ3) is 5.96. The quantitative estimate of drug-likeness (QED) is 0.622. The summed E-state index contributed by atoms with van der Waals surface area (Å²) in [4.78, 5) is 10.2. The van der Waals surface area contributed by atoms with Gasteiger partial charge in [0, 0.05) is 6.08 Å². The van der Waals surface area contributed by atoms with E-state index < -0.39 is 5.97 Å². The number of carbonyl (C=O) groups is 1. The molecule has 0 saturated heterocycles. The molecule has 0 aromatic heterocycles. The normalized spacial score (nSPS) is 13.5. The van der Waals surface area contributed by atoms with Gasteiger partial charge in [0.15, 0.2) is 0 Å². The van der Waals surface area contributed by atoms with Crippen LogP contribution in [0.25, 0.3) is 0 Å². The molecule has 0 radical (unpaired) electrons. The third-order valence-electron chi connectivity index (χ3n) is 1.96. The van der Waals surface area contributed by atoms with Crippen LogP contribution in [0.5, 0.6) is 0 Å². The standard InChI is InChI=1S/C10H18O2/c1-3-5-6-9(4-2)7-8-10(11)12/h7-9H,3-6H2,1-2H3,(H,11,12)/b8-7-. The summed E-state index contributed by atoms with van der Waals surface area (Å²) in [6.07, 6.45) is 7.56. The molecular formula is C10H18O2. The fourth-order valence-electron chi connectivity index (χ4n) is 1.12. The van der Waals surface area contributed by atoms with E-state index >= 15 is 0 Å². The lowest BCUT2D eigenvalue weighted by atomic mass is 9.99. The number of unbranched alkanes of at least 4 members (excludes halogenated alkanes) is 1. The Morgan fingerprint density at radius 1 is 1.50 bits per heavy atom. The van der Waals surface area contributed by atoms with Gasteiger partial charge in [-0.15, -0.1) is 0 Å². The predicted molar refractivity (Wildman–Crippen MR) is 50.1 cm³/mol. The maximum absolute atomic E-state index is 10.2. The summed E-state index contributed by atoms with van der Waals surface area (Å²) in [5.74, 6) is -0.397. The average molecular weight is 170 g/mol. The van der Waals surface area contributed by atoms with Crippen molar-refractivity contribution in [2.75, 3.05) is 0 Å².